The van der Waals surface area contributed by atoms with Gasteiger partial charge in [0.1, 0.15) is 0 Å². The Morgan fingerprint density at radius 1 is 1.73 bits per heavy atom. The molecule has 66 valence electrons. The second kappa shape index (κ2) is 4.54. The molecule has 0 aromatic rings. The fourth-order valence-corrected chi connectivity index (χ4v) is 0.723. The van der Waals surface area contributed by atoms with Crippen molar-refractivity contribution in [3.63, 3.8) is 0 Å². The van der Waals surface area contributed by atoms with E-state index >= 15 is 0 Å². The molecule has 5 heteroatoms. The van der Waals surface area contributed by atoms with Gasteiger partial charge >= 0.3 is 0 Å². The van der Waals surface area contributed by atoms with Gasteiger partial charge < -0.3 is 16.4 Å². The molecule has 1 unspecified atom stereocenters. The van der Waals surface area contributed by atoms with E-state index in [1.54, 1.807) is 6.92 Å². The summed E-state index contributed by atoms with van der Waals surface area (Å²) in [5.41, 5.74) is 5.33. The Balaban J connectivity index is 0.000001000. The van der Waals surface area contributed by atoms with E-state index in [2.05, 4.69) is 10.6 Å². The normalized spacial score (nSPS) is 19.5. The lowest BCUT2D eigenvalue weighted by atomic mass is 10.1. The van der Waals surface area contributed by atoms with Crippen molar-refractivity contribution in [3.8, 4) is 0 Å². The molecule has 1 aliphatic heterocycles. The minimum atomic E-state index is -0.388. The van der Waals surface area contributed by atoms with E-state index in [4.69, 9.17) is 5.73 Å². The number of amides is 1. The molecule has 1 amide bonds. The minimum Gasteiger partial charge on any atom is -0.349 e. The molecule has 0 spiro atoms. The topological polar surface area (TPSA) is 67.2 Å². The standard InChI is InChI=1S/C6H13N3O.ClH/c1-4(7)6(10)9-5-2-8-3-5;/h4-5,8H,2-3,7H2,1H3,(H,9,10);1H. The Hall–Kier alpha value is -0.320. The van der Waals surface area contributed by atoms with Crippen LogP contribution in [0, 0.1) is 0 Å². The van der Waals surface area contributed by atoms with Crippen molar-refractivity contribution in [3.05, 3.63) is 0 Å². The van der Waals surface area contributed by atoms with Crippen molar-refractivity contribution >= 4 is 18.3 Å². The summed E-state index contributed by atoms with van der Waals surface area (Å²) in [4.78, 5) is 10.9. The molecule has 0 bridgehead atoms. The molecule has 0 aliphatic carbocycles. The Kier molecular flexibility index (Phi) is 4.40. The number of carbonyl (C=O) groups is 1. The van der Waals surface area contributed by atoms with Crippen molar-refractivity contribution in [2.24, 2.45) is 5.73 Å². The van der Waals surface area contributed by atoms with Gasteiger partial charge in [0.15, 0.2) is 0 Å². The number of hydrogen-bond donors (Lipinski definition) is 3. The van der Waals surface area contributed by atoms with E-state index in [0.717, 1.165) is 13.1 Å². The third-order valence-electron chi connectivity index (χ3n) is 1.54. The van der Waals surface area contributed by atoms with E-state index in [1.165, 1.54) is 0 Å². The third-order valence-corrected chi connectivity index (χ3v) is 1.54. The van der Waals surface area contributed by atoms with Gasteiger partial charge in [0.05, 0.1) is 12.1 Å². The van der Waals surface area contributed by atoms with Crippen LogP contribution in [0.1, 0.15) is 6.92 Å². The van der Waals surface area contributed by atoms with Crippen LogP contribution in [0.5, 0.6) is 0 Å². The van der Waals surface area contributed by atoms with Gasteiger partial charge in [0.25, 0.3) is 0 Å². The Bertz CT molecular complexity index is 136. The van der Waals surface area contributed by atoms with Crippen molar-refractivity contribution in [2.45, 2.75) is 19.0 Å². The summed E-state index contributed by atoms with van der Waals surface area (Å²) in [5.74, 6) is -0.0634. The lowest BCUT2D eigenvalue weighted by Gasteiger charge is -2.28. The molecule has 1 atom stereocenters. The van der Waals surface area contributed by atoms with E-state index in [1.807, 2.05) is 0 Å². The summed E-state index contributed by atoms with van der Waals surface area (Å²) in [6.45, 7) is 3.43. The molecule has 1 heterocycles. The number of carbonyl (C=O) groups excluding carboxylic acids is 1. The zero-order valence-corrected chi connectivity index (χ0v) is 7.28. The average Bonchev–Trinajstić information content (AvgIpc) is 1.77. The second-order valence-electron chi connectivity index (χ2n) is 2.65. The van der Waals surface area contributed by atoms with E-state index < -0.39 is 0 Å². The quantitative estimate of drug-likeness (QED) is 0.501. The first kappa shape index (κ1) is 10.7. The fourth-order valence-electron chi connectivity index (χ4n) is 0.723. The summed E-state index contributed by atoms with van der Waals surface area (Å²) in [7, 11) is 0. The first-order valence-corrected chi connectivity index (χ1v) is 3.47. The number of nitrogens with one attached hydrogen (secondary N) is 2. The van der Waals surface area contributed by atoms with Crippen LogP contribution in [0.4, 0.5) is 0 Å². The monoisotopic (exact) mass is 179 g/mol. The second-order valence-corrected chi connectivity index (χ2v) is 2.65. The van der Waals surface area contributed by atoms with E-state index in [-0.39, 0.29) is 24.4 Å². The zero-order chi connectivity index (χ0) is 7.56. The number of hydrogen-bond acceptors (Lipinski definition) is 3. The van der Waals surface area contributed by atoms with Gasteiger partial charge in [-0.25, -0.2) is 0 Å². The van der Waals surface area contributed by atoms with Crippen LogP contribution < -0.4 is 16.4 Å². The van der Waals surface area contributed by atoms with Crippen LogP contribution in [-0.2, 0) is 4.79 Å². The van der Waals surface area contributed by atoms with E-state index in [0.29, 0.717) is 6.04 Å². The van der Waals surface area contributed by atoms with Crippen LogP contribution in [0.2, 0.25) is 0 Å². The molecule has 0 aromatic carbocycles. The van der Waals surface area contributed by atoms with Crippen LogP contribution in [0.3, 0.4) is 0 Å². The summed E-state index contributed by atoms with van der Waals surface area (Å²) in [6, 6.07) is -0.0842. The van der Waals surface area contributed by atoms with Crippen LogP contribution in [0.15, 0.2) is 0 Å². The van der Waals surface area contributed by atoms with Gasteiger partial charge in [0.2, 0.25) is 5.91 Å². The van der Waals surface area contributed by atoms with E-state index in [9.17, 15) is 4.79 Å². The highest BCUT2D eigenvalue weighted by molar-refractivity contribution is 5.85. The zero-order valence-electron chi connectivity index (χ0n) is 6.46. The molecule has 4 N–H and O–H groups in total. The van der Waals surface area contributed by atoms with Gasteiger partial charge in [-0.2, -0.15) is 0 Å². The van der Waals surface area contributed by atoms with Crippen molar-refractivity contribution in [2.75, 3.05) is 13.1 Å². The maximum atomic E-state index is 10.9. The fraction of sp³-hybridized carbons (Fsp3) is 0.833. The molecular formula is C6H14ClN3O. The van der Waals surface area contributed by atoms with Gasteiger partial charge in [-0.15, -0.1) is 12.4 Å². The van der Waals surface area contributed by atoms with Crippen molar-refractivity contribution < 1.29 is 4.79 Å². The van der Waals surface area contributed by atoms with Crippen molar-refractivity contribution in [1.82, 2.24) is 10.6 Å². The highest BCUT2D eigenvalue weighted by Crippen LogP contribution is 1.90. The van der Waals surface area contributed by atoms with Crippen LogP contribution >= 0.6 is 12.4 Å². The highest BCUT2D eigenvalue weighted by atomic mass is 35.5. The summed E-state index contributed by atoms with van der Waals surface area (Å²) < 4.78 is 0. The van der Waals surface area contributed by atoms with Crippen LogP contribution in [0.25, 0.3) is 0 Å². The van der Waals surface area contributed by atoms with Gasteiger partial charge in [-0.1, -0.05) is 0 Å². The molecular weight excluding hydrogens is 166 g/mol. The first-order valence-electron chi connectivity index (χ1n) is 3.47. The first-order chi connectivity index (χ1) is 4.70. The SMILES string of the molecule is CC(N)C(=O)NC1CNC1.Cl. The molecule has 1 fully saturated rings. The molecule has 11 heavy (non-hydrogen) atoms. The molecule has 1 aliphatic rings. The maximum Gasteiger partial charge on any atom is 0.236 e. The number of halogens is 1. The smallest absolute Gasteiger partial charge is 0.236 e. The average molecular weight is 180 g/mol. The number of nitrogens with two attached hydrogens (primary N) is 1. The molecule has 0 saturated carbocycles. The summed E-state index contributed by atoms with van der Waals surface area (Å²) in [5, 5.41) is 5.84. The molecule has 1 saturated heterocycles. The predicted octanol–water partition coefficient (Wildman–Crippen LogP) is -1.16. The predicted molar refractivity (Wildman–Crippen MR) is 45.7 cm³/mol. The van der Waals surface area contributed by atoms with Gasteiger partial charge in [-0.05, 0) is 6.92 Å². The summed E-state index contributed by atoms with van der Waals surface area (Å²) >= 11 is 0. The Morgan fingerprint density at radius 2 is 2.27 bits per heavy atom. The van der Waals surface area contributed by atoms with Gasteiger partial charge in [0, 0.05) is 13.1 Å². The molecule has 1 rings (SSSR count). The summed E-state index contributed by atoms with van der Waals surface area (Å²) in [6.07, 6.45) is 0. The highest BCUT2D eigenvalue weighted by Gasteiger charge is 2.19. The Labute approximate surface area is 72.3 Å². The number of rotatable bonds is 2. The third kappa shape index (κ3) is 3.05. The Morgan fingerprint density at radius 3 is 2.55 bits per heavy atom. The van der Waals surface area contributed by atoms with Gasteiger partial charge in [-0.3, -0.25) is 4.79 Å². The molecule has 4 nitrogen and oxygen atoms in total. The molecule has 0 aromatic heterocycles. The minimum absolute atomic E-state index is 0. The lowest BCUT2D eigenvalue weighted by molar-refractivity contribution is -0.123. The van der Waals surface area contributed by atoms with Crippen LogP contribution in [-0.4, -0.2) is 31.1 Å². The lowest BCUT2D eigenvalue weighted by Crippen LogP contribution is -2.59. The largest absolute Gasteiger partial charge is 0.349 e. The maximum absolute atomic E-state index is 10.9. The van der Waals surface area contributed by atoms with Crippen molar-refractivity contribution in [1.29, 1.82) is 0 Å². The molecule has 0 radical (unpaired) electrons.